The molecule has 0 aliphatic carbocycles. The third-order valence-corrected chi connectivity index (χ3v) is 3.19. The van der Waals surface area contributed by atoms with Crippen LogP contribution in [-0.4, -0.2) is 17.0 Å². The molecule has 0 fully saturated rings. The highest BCUT2D eigenvalue weighted by molar-refractivity contribution is 6.30. The SMILES string of the molecule is CC[C@H](Oc1cccc(Cl)c1)C(=O)NCc1ccncc1. The van der Waals surface area contributed by atoms with E-state index in [-0.39, 0.29) is 5.91 Å². The molecule has 0 unspecified atom stereocenters. The second kappa shape index (κ2) is 7.64. The lowest BCUT2D eigenvalue weighted by molar-refractivity contribution is -0.128. The van der Waals surface area contributed by atoms with Gasteiger partial charge in [0.25, 0.3) is 5.91 Å². The van der Waals surface area contributed by atoms with Crippen LogP contribution in [0.5, 0.6) is 5.75 Å². The van der Waals surface area contributed by atoms with Gasteiger partial charge in [0.2, 0.25) is 0 Å². The third-order valence-electron chi connectivity index (χ3n) is 2.95. The van der Waals surface area contributed by atoms with Crippen LogP contribution in [0.4, 0.5) is 0 Å². The lowest BCUT2D eigenvalue weighted by Crippen LogP contribution is -2.37. The minimum absolute atomic E-state index is 0.144. The summed E-state index contributed by atoms with van der Waals surface area (Å²) < 4.78 is 5.69. The monoisotopic (exact) mass is 304 g/mol. The van der Waals surface area contributed by atoms with Crippen molar-refractivity contribution in [3.05, 3.63) is 59.4 Å². The number of hydrogen-bond acceptors (Lipinski definition) is 3. The fraction of sp³-hybridized carbons (Fsp3) is 0.250. The Kier molecular flexibility index (Phi) is 5.58. The average molecular weight is 305 g/mol. The molecule has 0 radical (unpaired) electrons. The van der Waals surface area contributed by atoms with Crippen LogP contribution in [0.2, 0.25) is 5.02 Å². The minimum atomic E-state index is -0.537. The number of pyridine rings is 1. The number of carbonyl (C=O) groups is 1. The number of hydrogen-bond donors (Lipinski definition) is 1. The molecule has 1 atom stereocenters. The predicted octanol–water partition coefficient (Wildman–Crippen LogP) is 3.21. The van der Waals surface area contributed by atoms with Crippen molar-refractivity contribution in [2.75, 3.05) is 0 Å². The van der Waals surface area contributed by atoms with E-state index in [9.17, 15) is 4.79 Å². The van der Waals surface area contributed by atoms with Gasteiger partial charge < -0.3 is 10.1 Å². The predicted molar refractivity (Wildman–Crippen MR) is 82.2 cm³/mol. The van der Waals surface area contributed by atoms with Gasteiger partial charge in [0, 0.05) is 24.0 Å². The maximum atomic E-state index is 12.2. The van der Waals surface area contributed by atoms with E-state index in [0.717, 1.165) is 5.56 Å². The molecule has 2 aromatic rings. The van der Waals surface area contributed by atoms with Gasteiger partial charge in [-0.3, -0.25) is 9.78 Å². The van der Waals surface area contributed by atoms with Crippen molar-refractivity contribution in [1.82, 2.24) is 10.3 Å². The second-order valence-corrected chi connectivity index (χ2v) is 4.98. The molecular weight excluding hydrogens is 288 g/mol. The molecule has 0 saturated heterocycles. The van der Waals surface area contributed by atoms with Crippen LogP contribution in [0, 0.1) is 0 Å². The Morgan fingerprint density at radius 3 is 2.76 bits per heavy atom. The van der Waals surface area contributed by atoms with E-state index >= 15 is 0 Å². The zero-order valence-corrected chi connectivity index (χ0v) is 12.5. The Morgan fingerprint density at radius 1 is 1.33 bits per heavy atom. The van der Waals surface area contributed by atoms with Gasteiger partial charge >= 0.3 is 0 Å². The summed E-state index contributed by atoms with van der Waals surface area (Å²) in [6.07, 6.45) is 3.43. The summed E-state index contributed by atoms with van der Waals surface area (Å²) in [6.45, 7) is 2.36. The molecule has 1 N–H and O–H groups in total. The zero-order valence-electron chi connectivity index (χ0n) is 11.8. The molecule has 21 heavy (non-hydrogen) atoms. The zero-order chi connectivity index (χ0) is 15.1. The Balaban J connectivity index is 1.92. The Morgan fingerprint density at radius 2 is 2.10 bits per heavy atom. The van der Waals surface area contributed by atoms with Gasteiger partial charge in [-0.2, -0.15) is 0 Å². The van der Waals surface area contributed by atoms with Crippen LogP contribution in [-0.2, 0) is 11.3 Å². The number of amides is 1. The first-order chi connectivity index (χ1) is 10.2. The highest BCUT2D eigenvalue weighted by Crippen LogP contribution is 2.19. The smallest absolute Gasteiger partial charge is 0.261 e. The molecule has 0 aliphatic heterocycles. The molecule has 2 rings (SSSR count). The highest BCUT2D eigenvalue weighted by Gasteiger charge is 2.18. The number of carbonyl (C=O) groups excluding carboxylic acids is 1. The summed E-state index contributed by atoms with van der Waals surface area (Å²) in [5.74, 6) is 0.447. The Hall–Kier alpha value is -2.07. The first-order valence-corrected chi connectivity index (χ1v) is 7.15. The number of ether oxygens (including phenoxy) is 1. The molecule has 1 amide bonds. The van der Waals surface area contributed by atoms with Crippen molar-refractivity contribution in [3.63, 3.8) is 0 Å². The van der Waals surface area contributed by atoms with Crippen molar-refractivity contribution in [2.45, 2.75) is 26.0 Å². The molecule has 5 heteroatoms. The summed E-state index contributed by atoms with van der Waals surface area (Å²) in [5, 5.41) is 3.44. The second-order valence-electron chi connectivity index (χ2n) is 4.55. The van der Waals surface area contributed by atoms with Crippen molar-refractivity contribution in [3.8, 4) is 5.75 Å². The molecule has 1 heterocycles. The fourth-order valence-corrected chi connectivity index (χ4v) is 2.01. The summed E-state index contributed by atoms with van der Waals surface area (Å²) in [4.78, 5) is 16.1. The molecule has 0 aliphatic rings. The van der Waals surface area contributed by atoms with Crippen LogP contribution >= 0.6 is 11.6 Å². The summed E-state index contributed by atoms with van der Waals surface area (Å²) in [5.41, 5.74) is 0.996. The first-order valence-electron chi connectivity index (χ1n) is 6.78. The van der Waals surface area contributed by atoms with Crippen LogP contribution in [0.25, 0.3) is 0 Å². The number of rotatable bonds is 6. The van der Waals surface area contributed by atoms with Gasteiger partial charge in [-0.05, 0) is 42.3 Å². The quantitative estimate of drug-likeness (QED) is 0.891. The normalized spacial score (nSPS) is 11.7. The third kappa shape index (κ3) is 4.76. The lowest BCUT2D eigenvalue weighted by atomic mass is 10.2. The number of nitrogens with one attached hydrogen (secondary N) is 1. The van der Waals surface area contributed by atoms with Gasteiger partial charge in [-0.25, -0.2) is 0 Å². The van der Waals surface area contributed by atoms with Crippen molar-refractivity contribution >= 4 is 17.5 Å². The summed E-state index contributed by atoms with van der Waals surface area (Å²) in [7, 11) is 0. The molecule has 4 nitrogen and oxygen atoms in total. The van der Waals surface area contributed by atoms with Crippen LogP contribution in [0.15, 0.2) is 48.8 Å². The maximum absolute atomic E-state index is 12.2. The maximum Gasteiger partial charge on any atom is 0.261 e. The van der Waals surface area contributed by atoms with E-state index in [1.54, 1.807) is 36.7 Å². The Bertz CT molecular complexity index is 590. The van der Waals surface area contributed by atoms with Crippen LogP contribution in [0.3, 0.4) is 0 Å². The van der Waals surface area contributed by atoms with Crippen LogP contribution in [0.1, 0.15) is 18.9 Å². The van der Waals surface area contributed by atoms with Gasteiger partial charge in [0.05, 0.1) is 0 Å². The van der Waals surface area contributed by atoms with Gasteiger partial charge in [0.1, 0.15) is 5.75 Å². The van der Waals surface area contributed by atoms with E-state index in [0.29, 0.717) is 23.7 Å². The van der Waals surface area contributed by atoms with E-state index in [1.807, 2.05) is 19.1 Å². The minimum Gasteiger partial charge on any atom is -0.481 e. The molecular formula is C16H17ClN2O2. The first kappa shape index (κ1) is 15.3. The summed E-state index contributed by atoms with van der Waals surface area (Å²) in [6, 6.07) is 10.8. The number of benzene rings is 1. The van der Waals surface area contributed by atoms with E-state index in [1.165, 1.54) is 0 Å². The van der Waals surface area contributed by atoms with Crippen molar-refractivity contribution in [1.29, 1.82) is 0 Å². The van der Waals surface area contributed by atoms with E-state index in [2.05, 4.69) is 10.3 Å². The molecule has 0 spiro atoms. The van der Waals surface area contributed by atoms with Crippen LogP contribution < -0.4 is 10.1 Å². The number of nitrogens with zero attached hydrogens (tertiary/aromatic N) is 1. The summed E-state index contributed by atoms with van der Waals surface area (Å²) >= 11 is 5.91. The largest absolute Gasteiger partial charge is 0.481 e. The fourth-order valence-electron chi connectivity index (χ4n) is 1.83. The molecule has 1 aromatic heterocycles. The van der Waals surface area contributed by atoms with Gasteiger partial charge in [-0.1, -0.05) is 24.6 Å². The Labute approximate surface area is 129 Å². The molecule has 0 saturated carbocycles. The molecule has 1 aromatic carbocycles. The average Bonchev–Trinajstić information content (AvgIpc) is 2.51. The standard InChI is InChI=1S/C16H17ClN2O2/c1-2-15(21-14-5-3-4-13(17)10-14)16(20)19-11-12-6-8-18-9-7-12/h3-10,15H,2,11H2,1H3,(H,19,20)/t15-/m0/s1. The van der Waals surface area contributed by atoms with Gasteiger partial charge in [0.15, 0.2) is 6.10 Å². The lowest BCUT2D eigenvalue weighted by Gasteiger charge is -2.17. The van der Waals surface area contributed by atoms with Crippen molar-refractivity contribution in [2.24, 2.45) is 0 Å². The number of aromatic nitrogens is 1. The van der Waals surface area contributed by atoms with E-state index < -0.39 is 6.10 Å². The van der Waals surface area contributed by atoms with Crippen molar-refractivity contribution < 1.29 is 9.53 Å². The molecule has 0 bridgehead atoms. The van der Waals surface area contributed by atoms with Gasteiger partial charge in [-0.15, -0.1) is 0 Å². The number of halogens is 1. The van der Waals surface area contributed by atoms with E-state index in [4.69, 9.17) is 16.3 Å². The molecule has 110 valence electrons. The topological polar surface area (TPSA) is 51.2 Å². The highest BCUT2D eigenvalue weighted by atomic mass is 35.5.